The van der Waals surface area contributed by atoms with Crippen molar-refractivity contribution in [2.24, 2.45) is 13.0 Å². The Morgan fingerprint density at radius 3 is 2.38 bits per heavy atom. The highest BCUT2D eigenvalue weighted by molar-refractivity contribution is 6.08. The van der Waals surface area contributed by atoms with Crippen LogP contribution in [0.3, 0.4) is 0 Å². The molecule has 2 aromatic carbocycles. The van der Waals surface area contributed by atoms with Crippen LogP contribution in [0.25, 0.3) is 16.7 Å². The molecule has 0 aliphatic carbocycles. The van der Waals surface area contributed by atoms with E-state index in [1.54, 1.807) is 17.0 Å². The fourth-order valence-electron chi connectivity index (χ4n) is 5.00. The highest BCUT2D eigenvalue weighted by Crippen LogP contribution is 2.41. The lowest BCUT2D eigenvalue weighted by Crippen LogP contribution is -2.29. The SMILES string of the molecule is CC(C)c1nc2c(N3CCC(C(F)(F)F)C3)c(NC(=O)c3ccc(=O)n(-c4c(F)cccc4F)n3)ccc2n1C. The number of halogens is 5. The van der Waals surface area contributed by atoms with Crippen LogP contribution in [0.15, 0.2) is 47.3 Å². The van der Waals surface area contributed by atoms with Gasteiger partial charge >= 0.3 is 6.18 Å². The molecular weight excluding hydrogens is 535 g/mol. The monoisotopic (exact) mass is 560 g/mol. The molecule has 0 saturated carbocycles. The third-order valence-corrected chi connectivity index (χ3v) is 6.98. The first kappa shape index (κ1) is 27.3. The van der Waals surface area contributed by atoms with Crippen molar-refractivity contribution >= 4 is 28.3 Å². The van der Waals surface area contributed by atoms with Crippen LogP contribution in [-0.2, 0) is 7.05 Å². The molecule has 1 fully saturated rings. The molecule has 4 aromatic rings. The lowest BCUT2D eigenvalue weighted by atomic mass is 10.1. The maximum atomic E-state index is 14.3. The quantitative estimate of drug-likeness (QED) is 0.341. The van der Waals surface area contributed by atoms with Gasteiger partial charge in [-0.1, -0.05) is 19.9 Å². The molecule has 8 nitrogen and oxygen atoms in total. The number of anilines is 2. The number of hydrogen-bond acceptors (Lipinski definition) is 5. The predicted octanol–water partition coefficient (Wildman–Crippen LogP) is 5.16. The minimum Gasteiger partial charge on any atom is -0.367 e. The summed E-state index contributed by atoms with van der Waals surface area (Å²) in [5.74, 6) is -3.74. The maximum absolute atomic E-state index is 14.3. The Bertz CT molecular complexity index is 1660. The van der Waals surface area contributed by atoms with Gasteiger partial charge in [0, 0.05) is 32.1 Å². The van der Waals surface area contributed by atoms with Crippen molar-refractivity contribution in [2.45, 2.75) is 32.4 Å². The smallest absolute Gasteiger partial charge is 0.367 e. The molecule has 1 aliphatic rings. The number of nitrogens with one attached hydrogen (secondary N) is 1. The van der Waals surface area contributed by atoms with Gasteiger partial charge in [-0.05, 0) is 36.8 Å². The molecule has 3 heterocycles. The number of alkyl halides is 3. The van der Waals surface area contributed by atoms with Crippen LogP contribution in [-0.4, -0.2) is 44.5 Å². The predicted molar refractivity (Wildman–Crippen MR) is 139 cm³/mol. The van der Waals surface area contributed by atoms with Gasteiger partial charge in [0.05, 0.1) is 22.8 Å². The number of aromatic nitrogens is 4. The van der Waals surface area contributed by atoms with Crippen LogP contribution in [0.1, 0.15) is 42.5 Å². The Hall–Kier alpha value is -4.29. The molecule has 1 saturated heterocycles. The second-order valence-electron chi connectivity index (χ2n) is 9.98. The van der Waals surface area contributed by atoms with Crippen LogP contribution in [0, 0.1) is 17.6 Å². The number of amides is 1. The van der Waals surface area contributed by atoms with Crippen molar-refractivity contribution in [1.82, 2.24) is 19.3 Å². The standard InChI is InChI=1S/C27H25F5N6O2/c1-14(2)25-34-22-20(36(25)3)9-7-18(24(22)37-12-11-15(13-37)27(30,31)32)33-26(40)19-8-10-21(39)38(35-19)23-16(28)5-4-6-17(23)29/h4-10,14-15H,11-13H2,1-3H3,(H,33,40). The van der Waals surface area contributed by atoms with Gasteiger partial charge in [0.2, 0.25) is 0 Å². The minimum absolute atomic E-state index is 0.0221. The third-order valence-electron chi connectivity index (χ3n) is 6.98. The van der Waals surface area contributed by atoms with E-state index in [1.165, 1.54) is 0 Å². The number of fused-ring (bicyclic) bond motifs is 1. The number of para-hydroxylation sites is 1. The highest BCUT2D eigenvalue weighted by Gasteiger charge is 2.44. The van der Waals surface area contributed by atoms with E-state index < -0.39 is 40.9 Å². The van der Waals surface area contributed by atoms with E-state index in [0.29, 0.717) is 27.2 Å². The summed E-state index contributed by atoms with van der Waals surface area (Å²) in [5, 5.41) is 6.52. The molecule has 1 atom stereocenters. The Morgan fingerprint density at radius 2 is 1.75 bits per heavy atom. The minimum atomic E-state index is -4.38. The molecular formula is C27H25F5N6O2. The summed E-state index contributed by atoms with van der Waals surface area (Å²) in [6, 6.07) is 8.32. The van der Waals surface area contributed by atoms with Crippen molar-refractivity contribution in [3.05, 3.63) is 76.0 Å². The second-order valence-corrected chi connectivity index (χ2v) is 9.98. The third kappa shape index (κ3) is 4.80. The maximum Gasteiger partial charge on any atom is 0.393 e. The summed E-state index contributed by atoms with van der Waals surface area (Å²) < 4.78 is 71.6. The van der Waals surface area contributed by atoms with Gasteiger partial charge in [-0.25, -0.2) is 13.8 Å². The number of aryl methyl sites for hydroxylation is 1. The average molecular weight is 561 g/mol. The van der Waals surface area contributed by atoms with Gasteiger partial charge in [0.25, 0.3) is 11.5 Å². The number of nitrogens with zero attached hydrogens (tertiary/aromatic N) is 5. The van der Waals surface area contributed by atoms with E-state index in [9.17, 15) is 31.5 Å². The average Bonchev–Trinajstić information content (AvgIpc) is 3.50. The summed E-state index contributed by atoms with van der Waals surface area (Å²) >= 11 is 0. The van der Waals surface area contributed by atoms with E-state index in [1.807, 2.05) is 25.5 Å². The normalized spacial score (nSPS) is 15.8. The highest BCUT2D eigenvalue weighted by atomic mass is 19.4. The number of benzene rings is 2. The van der Waals surface area contributed by atoms with E-state index in [-0.39, 0.29) is 36.8 Å². The first-order chi connectivity index (χ1) is 18.9. The molecule has 1 aliphatic heterocycles. The van der Waals surface area contributed by atoms with Crippen LogP contribution < -0.4 is 15.8 Å². The van der Waals surface area contributed by atoms with E-state index in [2.05, 4.69) is 10.4 Å². The number of hydrogen-bond donors (Lipinski definition) is 1. The lowest BCUT2D eigenvalue weighted by Gasteiger charge is -2.23. The van der Waals surface area contributed by atoms with Crippen molar-refractivity contribution in [2.75, 3.05) is 23.3 Å². The van der Waals surface area contributed by atoms with Crippen LogP contribution >= 0.6 is 0 Å². The summed E-state index contributed by atoms with van der Waals surface area (Å²) in [6.07, 6.45) is -4.49. The van der Waals surface area contributed by atoms with Gasteiger partial charge in [-0.2, -0.15) is 23.0 Å². The fraction of sp³-hybridized carbons (Fsp3) is 0.333. The first-order valence-corrected chi connectivity index (χ1v) is 12.5. The molecule has 0 radical (unpaired) electrons. The molecule has 210 valence electrons. The summed E-state index contributed by atoms with van der Waals surface area (Å²) in [4.78, 5) is 31.9. The van der Waals surface area contributed by atoms with Crippen molar-refractivity contribution in [3.8, 4) is 5.69 Å². The molecule has 1 unspecified atom stereocenters. The van der Waals surface area contributed by atoms with Crippen LogP contribution in [0.4, 0.5) is 33.3 Å². The van der Waals surface area contributed by atoms with Crippen LogP contribution in [0.2, 0.25) is 0 Å². The molecule has 5 rings (SSSR count). The Morgan fingerprint density at radius 1 is 1.05 bits per heavy atom. The van der Waals surface area contributed by atoms with Crippen molar-refractivity contribution in [3.63, 3.8) is 0 Å². The number of carbonyl (C=O) groups excluding carboxylic acids is 1. The number of rotatable bonds is 5. The zero-order valence-corrected chi connectivity index (χ0v) is 21.8. The summed E-state index contributed by atoms with van der Waals surface area (Å²) in [5.41, 5.74) is -0.334. The largest absolute Gasteiger partial charge is 0.393 e. The van der Waals surface area contributed by atoms with Gasteiger partial charge in [0.15, 0.2) is 11.6 Å². The van der Waals surface area contributed by atoms with E-state index in [0.717, 1.165) is 30.3 Å². The van der Waals surface area contributed by atoms with Crippen molar-refractivity contribution < 1.29 is 26.7 Å². The van der Waals surface area contributed by atoms with Gasteiger partial charge in [-0.15, -0.1) is 0 Å². The molecule has 2 aromatic heterocycles. The molecule has 1 N–H and O–H groups in total. The molecule has 0 bridgehead atoms. The molecule has 1 amide bonds. The van der Waals surface area contributed by atoms with E-state index >= 15 is 0 Å². The van der Waals surface area contributed by atoms with Crippen LogP contribution in [0.5, 0.6) is 0 Å². The molecule has 40 heavy (non-hydrogen) atoms. The van der Waals surface area contributed by atoms with Crippen molar-refractivity contribution in [1.29, 1.82) is 0 Å². The van der Waals surface area contributed by atoms with E-state index in [4.69, 9.17) is 4.98 Å². The summed E-state index contributed by atoms with van der Waals surface area (Å²) in [7, 11) is 1.81. The Balaban J connectivity index is 1.58. The lowest BCUT2D eigenvalue weighted by molar-refractivity contribution is -0.168. The first-order valence-electron chi connectivity index (χ1n) is 12.5. The Labute approximate surface area is 225 Å². The van der Waals surface area contributed by atoms with Gasteiger partial charge in [0.1, 0.15) is 22.7 Å². The van der Waals surface area contributed by atoms with Gasteiger partial charge in [-0.3, -0.25) is 9.59 Å². The molecule has 0 spiro atoms. The second kappa shape index (κ2) is 10.0. The number of imidazole rings is 1. The zero-order valence-electron chi connectivity index (χ0n) is 21.8. The topological polar surface area (TPSA) is 85.1 Å². The zero-order chi connectivity index (χ0) is 28.9. The van der Waals surface area contributed by atoms with Gasteiger partial charge < -0.3 is 14.8 Å². The summed E-state index contributed by atoms with van der Waals surface area (Å²) in [6.45, 7) is 3.67. The number of carbonyl (C=O) groups is 1. The fourth-order valence-corrected chi connectivity index (χ4v) is 5.00. The molecule has 13 heteroatoms. The Kier molecular flexibility index (Phi) is 6.84.